The Labute approximate surface area is 274 Å². The molecule has 0 aliphatic rings. The third-order valence-corrected chi connectivity index (χ3v) is 10.7. The lowest BCUT2D eigenvalue weighted by atomic mass is 10.0. The summed E-state index contributed by atoms with van der Waals surface area (Å²) in [4.78, 5) is 0. The van der Waals surface area contributed by atoms with Crippen molar-refractivity contribution in [1.29, 1.82) is 5.26 Å². The Balaban J connectivity index is 1.15. The van der Waals surface area contributed by atoms with Gasteiger partial charge < -0.3 is 9.13 Å². The van der Waals surface area contributed by atoms with Crippen LogP contribution in [0.3, 0.4) is 0 Å². The predicted molar refractivity (Wildman–Crippen MR) is 198 cm³/mol. The molecule has 10 rings (SSSR count). The van der Waals surface area contributed by atoms with Crippen LogP contribution in [0.5, 0.6) is 0 Å². The fourth-order valence-corrected chi connectivity index (χ4v) is 8.57. The van der Waals surface area contributed by atoms with Crippen LogP contribution in [0.15, 0.2) is 152 Å². The summed E-state index contributed by atoms with van der Waals surface area (Å²) in [5.41, 5.74) is 9.91. The minimum Gasteiger partial charge on any atom is -0.309 e. The third-order valence-electron chi connectivity index (χ3n) is 9.55. The number of benzene rings is 7. The van der Waals surface area contributed by atoms with Gasteiger partial charge in [0.25, 0.3) is 0 Å². The van der Waals surface area contributed by atoms with Crippen LogP contribution < -0.4 is 0 Å². The lowest BCUT2D eigenvalue weighted by Crippen LogP contribution is -1.94. The van der Waals surface area contributed by atoms with Gasteiger partial charge in [0.1, 0.15) is 0 Å². The zero-order valence-electron chi connectivity index (χ0n) is 25.2. The first-order valence-electron chi connectivity index (χ1n) is 15.7. The Hall–Kier alpha value is -6.15. The van der Waals surface area contributed by atoms with Crippen molar-refractivity contribution >= 4 is 75.1 Å². The van der Waals surface area contributed by atoms with E-state index in [0.717, 1.165) is 33.2 Å². The molecule has 0 saturated carbocycles. The average molecular weight is 616 g/mol. The maximum Gasteiger partial charge on any atom is 0.0998 e. The highest BCUT2D eigenvalue weighted by Crippen LogP contribution is 2.40. The summed E-state index contributed by atoms with van der Waals surface area (Å²) < 4.78 is 7.21. The molecule has 10 aromatic rings. The second-order valence-electron chi connectivity index (χ2n) is 12.1. The van der Waals surface area contributed by atoms with Gasteiger partial charge in [0.2, 0.25) is 0 Å². The number of nitriles is 1. The van der Waals surface area contributed by atoms with E-state index >= 15 is 0 Å². The van der Waals surface area contributed by atoms with E-state index in [1.54, 1.807) is 0 Å². The molecule has 0 unspecified atom stereocenters. The molecule has 0 fully saturated rings. The highest BCUT2D eigenvalue weighted by atomic mass is 32.1. The van der Waals surface area contributed by atoms with Gasteiger partial charge in [-0.2, -0.15) is 5.26 Å². The Morgan fingerprint density at radius 2 is 0.979 bits per heavy atom. The SMILES string of the molecule is N#Cc1cccc2c1c1ccccc1n2-c1ccc2sc3ccc(-c4cccc(-n5c6ccccc6c6ccccc65)c4)cc3c2c1. The maximum atomic E-state index is 9.93. The van der Waals surface area contributed by atoms with Crippen molar-refractivity contribution in [3.63, 3.8) is 0 Å². The Morgan fingerprint density at radius 3 is 1.72 bits per heavy atom. The fourth-order valence-electron chi connectivity index (χ4n) is 7.50. The first kappa shape index (κ1) is 26.1. The number of rotatable bonds is 3. The number of thiophene rings is 1. The minimum atomic E-state index is 0.701. The molecule has 3 aromatic heterocycles. The van der Waals surface area contributed by atoms with Crippen molar-refractivity contribution in [2.75, 3.05) is 0 Å². The highest BCUT2D eigenvalue weighted by molar-refractivity contribution is 7.25. The Bertz CT molecular complexity index is 2880. The van der Waals surface area contributed by atoms with E-state index in [4.69, 9.17) is 0 Å². The smallest absolute Gasteiger partial charge is 0.0998 e. The zero-order chi connectivity index (χ0) is 31.1. The number of fused-ring (bicyclic) bond motifs is 9. The molecule has 3 nitrogen and oxygen atoms in total. The van der Waals surface area contributed by atoms with Gasteiger partial charge in [-0.25, -0.2) is 0 Å². The monoisotopic (exact) mass is 615 g/mol. The molecule has 0 N–H and O–H groups in total. The first-order chi connectivity index (χ1) is 23.3. The Morgan fingerprint density at radius 1 is 0.426 bits per heavy atom. The molecule has 0 aliphatic heterocycles. The van der Waals surface area contributed by atoms with Gasteiger partial charge in [0.05, 0.1) is 33.7 Å². The molecule has 3 heterocycles. The maximum absolute atomic E-state index is 9.93. The summed E-state index contributed by atoms with van der Waals surface area (Å²) in [5.74, 6) is 0. The molecule has 0 radical (unpaired) electrons. The van der Waals surface area contributed by atoms with Crippen LogP contribution in [0.25, 0.3) is 86.3 Å². The van der Waals surface area contributed by atoms with Gasteiger partial charge in [-0.15, -0.1) is 11.3 Å². The molecule has 4 heteroatoms. The second-order valence-corrected chi connectivity index (χ2v) is 13.2. The van der Waals surface area contributed by atoms with Gasteiger partial charge in [-0.1, -0.05) is 78.9 Å². The molecule has 47 heavy (non-hydrogen) atoms. The van der Waals surface area contributed by atoms with Crippen LogP contribution >= 0.6 is 11.3 Å². The Kier molecular flexibility index (Phi) is 5.51. The van der Waals surface area contributed by atoms with Crippen LogP contribution in [0.1, 0.15) is 5.56 Å². The number of aromatic nitrogens is 2. The van der Waals surface area contributed by atoms with E-state index in [-0.39, 0.29) is 0 Å². The summed E-state index contributed by atoms with van der Waals surface area (Å²) in [6.45, 7) is 0. The van der Waals surface area contributed by atoms with E-state index in [1.165, 1.54) is 53.1 Å². The van der Waals surface area contributed by atoms with Gasteiger partial charge in [0, 0.05) is 53.1 Å². The van der Waals surface area contributed by atoms with E-state index < -0.39 is 0 Å². The van der Waals surface area contributed by atoms with Crippen molar-refractivity contribution < 1.29 is 0 Å². The summed E-state index contributed by atoms with van der Waals surface area (Å²) in [6.07, 6.45) is 0. The molecule has 7 aromatic carbocycles. The van der Waals surface area contributed by atoms with Gasteiger partial charge in [0.15, 0.2) is 0 Å². The van der Waals surface area contributed by atoms with Gasteiger partial charge >= 0.3 is 0 Å². The van der Waals surface area contributed by atoms with Crippen LogP contribution in [-0.4, -0.2) is 9.13 Å². The first-order valence-corrected chi connectivity index (χ1v) is 16.6. The van der Waals surface area contributed by atoms with Crippen molar-refractivity contribution in [3.8, 4) is 28.6 Å². The van der Waals surface area contributed by atoms with E-state index in [1.807, 2.05) is 29.5 Å². The largest absolute Gasteiger partial charge is 0.309 e. The summed E-state index contributed by atoms with van der Waals surface area (Å²) in [7, 11) is 0. The van der Waals surface area contributed by atoms with Crippen LogP contribution in [0.2, 0.25) is 0 Å². The molecule has 218 valence electrons. The normalized spacial score (nSPS) is 11.8. The van der Waals surface area contributed by atoms with Crippen molar-refractivity contribution in [2.24, 2.45) is 0 Å². The van der Waals surface area contributed by atoms with Crippen LogP contribution in [0.4, 0.5) is 0 Å². The van der Waals surface area contributed by atoms with E-state index in [2.05, 4.69) is 149 Å². The quantitative estimate of drug-likeness (QED) is 0.195. The lowest BCUT2D eigenvalue weighted by molar-refractivity contribution is 1.18. The second kappa shape index (κ2) is 9.92. The van der Waals surface area contributed by atoms with Crippen molar-refractivity contribution in [1.82, 2.24) is 9.13 Å². The average Bonchev–Trinajstić information content (AvgIpc) is 3.79. The summed E-state index contributed by atoms with van der Waals surface area (Å²) in [5, 5.41) is 17.1. The van der Waals surface area contributed by atoms with E-state index in [9.17, 15) is 5.26 Å². The number of hydrogen-bond donors (Lipinski definition) is 0. The molecular weight excluding hydrogens is 591 g/mol. The highest BCUT2D eigenvalue weighted by Gasteiger charge is 2.17. The molecular formula is C43H25N3S. The summed E-state index contributed by atoms with van der Waals surface area (Å²) >= 11 is 1.83. The topological polar surface area (TPSA) is 33.6 Å². The lowest BCUT2D eigenvalue weighted by Gasteiger charge is -2.11. The molecule has 0 atom stereocenters. The number of para-hydroxylation sites is 3. The van der Waals surface area contributed by atoms with E-state index in [0.29, 0.717) is 5.56 Å². The molecule has 0 bridgehead atoms. The molecule has 0 amide bonds. The third kappa shape index (κ3) is 3.78. The minimum absolute atomic E-state index is 0.701. The van der Waals surface area contributed by atoms with Crippen LogP contribution in [0, 0.1) is 11.3 Å². The predicted octanol–water partition coefficient (Wildman–Crippen LogP) is 11.8. The zero-order valence-corrected chi connectivity index (χ0v) is 26.0. The standard InChI is InChI=1S/C43H25N3S/c44-26-29-10-8-18-40-43(29)34-14-3-6-17-39(34)46(40)31-20-22-42-36(25-31)35-24-28(19-21-41(35)47-42)27-9-7-11-30(23-27)45-37-15-4-1-12-32(37)33-13-2-5-16-38(33)45/h1-25H. The van der Waals surface area contributed by atoms with Crippen molar-refractivity contribution in [2.45, 2.75) is 0 Å². The molecule has 0 saturated heterocycles. The van der Waals surface area contributed by atoms with Crippen molar-refractivity contribution in [3.05, 3.63) is 157 Å². The molecule has 0 spiro atoms. The summed E-state index contributed by atoms with van der Waals surface area (Å²) in [6, 6.07) is 56.7. The number of nitrogens with zero attached hydrogens (tertiary/aromatic N) is 3. The van der Waals surface area contributed by atoms with Crippen LogP contribution in [-0.2, 0) is 0 Å². The van der Waals surface area contributed by atoms with Gasteiger partial charge in [-0.05, 0) is 83.9 Å². The number of hydrogen-bond acceptors (Lipinski definition) is 2. The molecule has 0 aliphatic carbocycles. The fraction of sp³-hybridized carbons (Fsp3) is 0. The van der Waals surface area contributed by atoms with Gasteiger partial charge in [-0.3, -0.25) is 0 Å².